The maximum absolute atomic E-state index is 12.4. The highest BCUT2D eigenvalue weighted by Gasteiger charge is 2.57. The number of unbranched alkanes of at least 4 members (excludes halogenated alkanes) is 1. The van der Waals surface area contributed by atoms with Crippen LogP contribution in [0.2, 0.25) is 0 Å². The molecule has 7 rings (SSSR count). The molecule has 4 atom stereocenters. The first-order valence-electron chi connectivity index (χ1n) is 18.6. The number of aryl methyl sites for hydroxylation is 1. The molecule has 290 valence electrons. The quantitative estimate of drug-likeness (QED) is 0.171. The molecule has 1 unspecified atom stereocenters. The lowest BCUT2D eigenvalue weighted by Crippen LogP contribution is -2.56. The molecule has 5 aliphatic rings. The molecular weight excluding hydrogens is 729 g/mol. The van der Waals surface area contributed by atoms with Crippen LogP contribution in [0.1, 0.15) is 103 Å². The van der Waals surface area contributed by atoms with Gasteiger partial charge in [-0.25, -0.2) is 0 Å². The van der Waals surface area contributed by atoms with Gasteiger partial charge in [-0.05, 0) is 129 Å². The third-order valence-corrected chi connectivity index (χ3v) is 14.6. The fraction of sp³-hybridized carbons (Fsp3) is 0.512. The van der Waals surface area contributed by atoms with Crippen molar-refractivity contribution in [2.75, 3.05) is 18.0 Å². The summed E-state index contributed by atoms with van der Waals surface area (Å²) in [6, 6.07) is 9.43. The van der Waals surface area contributed by atoms with E-state index < -0.39 is 48.2 Å². The van der Waals surface area contributed by atoms with Gasteiger partial charge in [0.15, 0.2) is 0 Å². The van der Waals surface area contributed by atoms with Gasteiger partial charge < -0.3 is 14.7 Å². The number of carbonyl (C=O) groups is 1. The third-order valence-electron chi connectivity index (χ3n) is 12.9. The number of aliphatic carboxylic acids is 1. The summed E-state index contributed by atoms with van der Waals surface area (Å²) >= 11 is 0. The van der Waals surface area contributed by atoms with Crippen LogP contribution in [0.5, 0.6) is 0 Å². The Morgan fingerprint density at radius 1 is 0.926 bits per heavy atom. The topological polar surface area (TPSA) is 171 Å². The number of ether oxygens (including phenoxy) is 1. The molecule has 4 aliphatic heterocycles. The second kappa shape index (κ2) is 12.4. The van der Waals surface area contributed by atoms with Gasteiger partial charge in [0.1, 0.15) is 0 Å². The van der Waals surface area contributed by atoms with Gasteiger partial charge in [-0.15, -0.1) is 0 Å². The molecule has 13 heteroatoms. The Morgan fingerprint density at radius 3 is 2.26 bits per heavy atom. The number of carboxylic acids is 1. The summed E-state index contributed by atoms with van der Waals surface area (Å²) in [7, 11) is -8.91. The van der Waals surface area contributed by atoms with Crippen LogP contribution in [0.3, 0.4) is 0 Å². The Balaban J connectivity index is 1.41. The van der Waals surface area contributed by atoms with E-state index >= 15 is 0 Å². The van der Waals surface area contributed by atoms with Crippen molar-refractivity contribution >= 4 is 37.6 Å². The number of aliphatic imine (C=N–C) groups is 1. The van der Waals surface area contributed by atoms with Crippen molar-refractivity contribution in [2.24, 2.45) is 10.4 Å². The molecule has 0 radical (unpaired) electrons. The van der Waals surface area contributed by atoms with Crippen LogP contribution in [0, 0.1) is 12.3 Å². The minimum atomic E-state index is -4.51. The Labute approximate surface area is 318 Å². The summed E-state index contributed by atoms with van der Waals surface area (Å²) in [5.74, 6) is -0.883. The van der Waals surface area contributed by atoms with Gasteiger partial charge in [0.05, 0.1) is 26.7 Å². The van der Waals surface area contributed by atoms with Crippen molar-refractivity contribution in [3.63, 3.8) is 0 Å². The Hall–Kier alpha value is -3.62. The van der Waals surface area contributed by atoms with Crippen LogP contribution in [0.15, 0.2) is 85.7 Å². The highest BCUT2D eigenvalue weighted by Crippen LogP contribution is 2.61. The summed E-state index contributed by atoms with van der Waals surface area (Å²) in [4.78, 5) is 18.6. The summed E-state index contributed by atoms with van der Waals surface area (Å²) in [5, 5.41) is 9.40. The maximum Gasteiger partial charge on any atom is 0.303 e. The van der Waals surface area contributed by atoms with Crippen molar-refractivity contribution in [1.82, 2.24) is 0 Å². The molecule has 0 saturated carbocycles. The summed E-state index contributed by atoms with van der Waals surface area (Å²) in [6.45, 7) is 15.9. The Bertz CT molecular complexity index is 2340. The summed E-state index contributed by atoms with van der Waals surface area (Å²) in [5.41, 5.74) is 5.10. The van der Waals surface area contributed by atoms with E-state index in [4.69, 9.17) is 9.73 Å². The molecule has 54 heavy (non-hydrogen) atoms. The molecule has 1 aliphatic carbocycles. The van der Waals surface area contributed by atoms with Crippen molar-refractivity contribution in [3.8, 4) is 0 Å². The second-order valence-electron chi connectivity index (χ2n) is 17.3. The van der Waals surface area contributed by atoms with Gasteiger partial charge >= 0.3 is 5.97 Å². The fourth-order valence-corrected chi connectivity index (χ4v) is 11.2. The van der Waals surface area contributed by atoms with E-state index in [1.165, 1.54) is 18.2 Å². The average molecular weight is 779 g/mol. The highest BCUT2D eigenvalue weighted by atomic mass is 32.2. The Kier molecular flexibility index (Phi) is 8.90. The lowest BCUT2D eigenvalue weighted by molar-refractivity contribution is -0.137. The van der Waals surface area contributed by atoms with Crippen LogP contribution in [0.4, 0.5) is 5.69 Å². The third kappa shape index (κ3) is 6.10. The van der Waals surface area contributed by atoms with E-state index in [1.807, 2.05) is 13.8 Å². The monoisotopic (exact) mass is 778 g/mol. The number of rotatable bonds is 9. The Morgan fingerprint density at radius 2 is 1.59 bits per heavy atom. The summed E-state index contributed by atoms with van der Waals surface area (Å²) < 4.78 is 76.4. The van der Waals surface area contributed by atoms with Crippen molar-refractivity contribution in [1.29, 1.82) is 0 Å². The van der Waals surface area contributed by atoms with Gasteiger partial charge in [-0.2, -0.15) is 16.8 Å². The second-order valence-corrected chi connectivity index (χ2v) is 20.1. The van der Waals surface area contributed by atoms with Crippen LogP contribution < -0.4 is 4.90 Å². The van der Waals surface area contributed by atoms with Crippen LogP contribution in [-0.4, -0.2) is 67.0 Å². The first-order chi connectivity index (χ1) is 24.9. The number of benzene rings is 2. The number of nitrogens with zero attached hydrogens (tertiary/aromatic N) is 2. The predicted molar refractivity (Wildman–Crippen MR) is 206 cm³/mol. The SMILES string of the molecule is Cc1ccc(S(=O)(=O)O)cc1C(C)(CCCCC(=O)O)C1=NCC[C@]2(C)O[C@]3(C)C[C@]4(C)CCN5C(=C4C=C3C=C12)C(C)(C)c1cc(S(=O)(=O)O)ccc15. The van der Waals surface area contributed by atoms with Gasteiger partial charge in [0.25, 0.3) is 20.2 Å². The molecule has 0 amide bonds. The van der Waals surface area contributed by atoms with Crippen molar-refractivity contribution in [3.05, 3.63) is 87.7 Å². The molecule has 4 heterocycles. The lowest BCUT2D eigenvalue weighted by Gasteiger charge is -2.56. The fourth-order valence-electron chi connectivity index (χ4n) is 10.2. The number of anilines is 1. The predicted octanol–water partition coefficient (Wildman–Crippen LogP) is 7.50. The van der Waals surface area contributed by atoms with E-state index in [-0.39, 0.29) is 21.6 Å². The highest BCUT2D eigenvalue weighted by molar-refractivity contribution is 7.86. The van der Waals surface area contributed by atoms with Gasteiger partial charge in [-0.3, -0.25) is 18.9 Å². The molecule has 2 aromatic rings. The van der Waals surface area contributed by atoms with Crippen molar-refractivity contribution in [2.45, 2.75) is 125 Å². The van der Waals surface area contributed by atoms with Gasteiger partial charge in [-0.1, -0.05) is 39.3 Å². The molecule has 0 aromatic heterocycles. The minimum absolute atomic E-state index is 0.00589. The van der Waals surface area contributed by atoms with Crippen LogP contribution in [-0.2, 0) is 40.6 Å². The largest absolute Gasteiger partial charge is 0.481 e. The molecular formula is C41H50N2O9S2. The molecule has 0 bridgehead atoms. The molecule has 0 fully saturated rings. The van der Waals surface area contributed by atoms with Gasteiger partial charge in [0.2, 0.25) is 0 Å². The normalized spacial score (nSPS) is 28.4. The summed E-state index contributed by atoms with van der Waals surface area (Å²) in [6.07, 6.45) is 8.12. The standard InChI is InChI=1S/C41H50N2O9S2/c1-25-11-12-27(53(46,47)48)22-29(25)39(5,15-9-8-10-34(44)45)35-31-20-26-21-32-36-37(2,3)30-23-28(54(49,50)51)13-14-33(30)43(36)19-17-38(32,4)24-41(26,7)52-40(31,6)16-18-42-35/h11-14,20-23H,8-10,15-19,24H2,1-7H3,(H,44,45)(H,46,47,48)(H,49,50,51)/t38-,39?,40-,41+/m0/s1. The minimum Gasteiger partial charge on any atom is -0.481 e. The van der Waals surface area contributed by atoms with E-state index in [0.717, 1.165) is 64.3 Å². The van der Waals surface area contributed by atoms with E-state index in [9.17, 15) is 35.8 Å². The van der Waals surface area contributed by atoms with Crippen molar-refractivity contribution < 1.29 is 40.6 Å². The molecule has 11 nitrogen and oxygen atoms in total. The molecule has 2 aromatic carbocycles. The number of carboxylic acid groups (broad SMARTS) is 1. The molecule has 3 N–H and O–H groups in total. The zero-order valence-electron chi connectivity index (χ0n) is 32.0. The molecule has 0 spiro atoms. The van der Waals surface area contributed by atoms with Gasteiger partial charge in [0, 0.05) is 47.3 Å². The first-order valence-corrected chi connectivity index (χ1v) is 21.5. The van der Waals surface area contributed by atoms with E-state index in [1.54, 1.807) is 18.2 Å². The average Bonchev–Trinajstić information content (AvgIpc) is 3.28. The van der Waals surface area contributed by atoms with E-state index in [2.05, 4.69) is 51.7 Å². The smallest absolute Gasteiger partial charge is 0.303 e. The zero-order valence-corrected chi connectivity index (χ0v) is 33.6. The zero-order chi connectivity index (χ0) is 39.4. The first kappa shape index (κ1) is 38.6. The van der Waals surface area contributed by atoms with E-state index in [0.29, 0.717) is 37.8 Å². The number of allylic oxidation sites excluding steroid dienone is 3. The molecule has 0 saturated heterocycles. The number of fused-ring (bicyclic) bond motifs is 6. The van der Waals surface area contributed by atoms with Crippen LogP contribution >= 0.6 is 0 Å². The maximum atomic E-state index is 12.4. The number of hydrogen-bond donors (Lipinski definition) is 3. The number of hydrogen-bond acceptors (Lipinski definition) is 8. The van der Waals surface area contributed by atoms with Crippen LogP contribution in [0.25, 0.3) is 0 Å². The lowest BCUT2D eigenvalue weighted by atomic mass is 9.59.